The number of benzene rings is 1. The number of nitrogens with one attached hydrogen (secondary N) is 2. The van der Waals surface area contributed by atoms with E-state index in [4.69, 9.17) is 21.6 Å². The molecule has 0 radical (unpaired) electrons. The minimum Gasteiger partial charge on any atom is -0.390 e. The summed E-state index contributed by atoms with van der Waals surface area (Å²) < 4.78 is 2.58. The summed E-state index contributed by atoms with van der Waals surface area (Å²) >= 11 is 8.25. The number of H-pyrrole nitrogens is 1. The molecular formula is C21H26ClN7OS. The Kier molecular flexibility index (Phi) is 5.68. The Morgan fingerprint density at radius 3 is 3.00 bits per heavy atom. The van der Waals surface area contributed by atoms with Gasteiger partial charge in [-0.25, -0.2) is 9.29 Å². The lowest BCUT2D eigenvalue weighted by atomic mass is 9.92. The molecule has 0 bridgehead atoms. The van der Waals surface area contributed by atoms with E-state index in [9.17, 15) is 5.11 Å². The minimum atomic E-state index is -0.0981. The highest BCUT2D eigenvalue weighted by atomic mass is 35.5. The first-order valence-electron chi connectivity index (χ1n) is 10.6. The Morgan fingerprint density at radius 2 is 2.19 bits per heavy atom. The van der Waals surface area contributed by atoms with Crippen LogP contribution in [0.25, 0.3) is 10.9 Å². The number of aromatic nitrogens is 4. The second kappa shape index (κ2) is 8.46. The van der Waals surface area contributed by atoms with Crippen molar-refractivity contribution in [3.05, 3.63) is 35.0 Å². The quantitative estimate of drug-likeness (QED) is 0.494. The fourth-order valence-electron chi connectivity index (χ4n) is 4.59. The van der Waals surface area contributed by atoms with Crippen LogP contribution in [0.3, 0.4) is 0 Å². The number of piperidine rings is 1. The lowest BCUT2D eigenvalue weighted by Gasteiger charge is -2.42. The molecule has 3 atom stereocenters. The van der Waals surface area contributed by atoms with E-state index in [0.717, 1.165) is 23.7 Å². The van der Waals surface area contributed by atoms with E-state index in [2.05, 4.69) is 38.7 Å². The van der Waals surface area contributed by atoms with E-state index < -0.39 is 0 Å². The maximum atomic E-state index is 9.32. The number of anilines is 3. The van der Waals surface area contributed by atoms with Crippen LogP contribution in [0.5, 0.6) is 0 Å². The molecule has 1 aromatic carbocycles. The molecule has 8 nitrogen and oxygen atoms in total. The van der Waals surface area contributed by atoms with Gasteiger partial charge in [0.25, 0.3) is 0 Å². The normalized spacial score (nSPS) is 23.8. The number of hydrogen-bond acceptors (Lipinski definition) is 8. The monoisotopic (exact) mass is 459 g/mol. The zero-order chi connectivity index (χ0) is 21.5. The molecule has 10 heteroatoms. The lowest BCUT2D eigenvalue weighted by molar-refractivity contribution is 0.196. The number of rotatable bonds is 5. The van der Waals surface area contributed by atoms with Crippen molar-refractivity contribution < 1.29 is 5.11 Å². The molecular weight excluding hydrogens is 434 g/mol. The van der Waals surface area contributed by atoms with Gasteiger partial charge in [0.15, 0.2) is 5.82 Å². The molecule has 4 heterocycles. The molecule has 31 heavy (non-hydrogen) atoms. The SMILES string of the molecule is C[C@@H]1C[C@@H](N(C)c2nc(Nc3cc(CO)[nH]n3)c3ccc(Cl)cc3n2)C[C@@H]2CCSN21. The number of halogens is 1. The molecule has 0 saturated carbocycles. The van der Waals surface area contributed by atoms with Crippen LogP contribution in [0, 0.1) is 0 Å². The summed E-state index contributed by atoms with van der Waals surface area (Å²) in [5, 5.41) is 21.1. The third-order valence-electron chi connectivity index (χ3n) is 6.20. The van der Waals surface area contributed by atoms with E-state index in [1.165, 1.54) is 12.2 Å². The molecule has 3 aromatic rings. The van der Waals surface area contributed by atoms with Gasteiger partial charge < -0.3 is 15.3 Å². The second-order valence-corrected chi connectivity index (χ2v) is 9.84. The van der Waals surface area contributed by atoms with Gasteiger partial charge in [-0.05, 0) is 44.4 Å². The largest absolute Gasteiger partial charge is 0.390 e. The fraction of sp³-hybridized carbons (Fsp3) is 0.476. The van der Waals surface area contributed by atoms with Gasteiger partial charge in [-0.3, -0.25) is 5.10 Å². The zero-order valence-corrected chi connectivity index (χ0v) is 19.1. The van der Waals surface area contributed by atoms with Crippen molar-refractivity contribution in [2.75, 3.05) is 23.0 Å². The molecule has 164 valence electrons. The molecule has 0 amide bonds. The molecule has 0 spiro atoms. The van der Waals surface area contributed by atoms with Gasteiger partial charge in [-0.2, -0.15) is 10.1 Å². The van der Waals surface area contributed by atoms with Gasteiger partial charge in [-0.1, -0.05) is 23.5 Å². The summed E-state index contributed by atoms with van der Waals surface area (Å²) in [5.41, 5.74) is 1.42. The molecule has 0 aliphatic carbocycles. The number of fused-ring (bicyclic) bond motifs is 2. The summed E-state index contributed by atoms with van der Waals surface area (Å²) in [4.78, 5) is 11.9. The summed E-state index contributed by atoms with van der Waals surface area (Å²) in [6.07, 6.45) is 3.44. The van der Waals surface area contributed by atoms with Gasteiger partial charge in [-0.15, -0.1) is 0 Å². The summed E-state index contributed by atoms with van der Waals surface area (Å²) in [6.45, 7) is 2.22. The number of aliphatic hydroxyl groups is 1. The van der Waals surface area contributed by atoms with Crippen LogP contribution in [0.15, 0.2) is 24.3 Å². The van der Waals surface area contributed by atoms with Crippen LogP contribution in [-0.4, -0.2) is 60.5 Å². The molecule has 2 aromatic heterocycles. The van der Waals surface area contributed by atoms with Crippen molar-refractivity contribution >= 4 is 52.0 Å². The van der Waals surface area contributed by atoms with E-state index in [0.29, 0.717) is 46.4 Å². The predicted molar refractivity (Wildman–Crippen MR) is 126 cm³/mol. The number of aliphatic hydroxyl groups excluding tert-OH is 1. The standard InChI is InChI=1S/C21H26ClN7OS/c1-12-7-16(10-15-5-6-31-29(12)15)28(2)21-23-18-8-13(22)3-4-17(18)20(25-21)24-19-9-14(11-30)26-27-19/h3-4,8-9,12,15-16,30H,5-7,10-11H2,1-2H3,(H2,23,24,25,26,27)/t12-,15+,16-/m1/s1. The molecule has 3 N–H and O–H groups in total. The smallest absolute Gasteiger partial charge is 0.227 e. The van der Waals surface area contributed by atoms with Crippen molar-refractivity contribution in [2.45, 2.75) is 50.9 Å². The maximum absolute atomic E-state index is 9.32. The fourth-order valence-corrected chi connectivity index (χ4v) is 6.09. The first-order valence-corrected chi connectivity index (χ1v) is 11.9. The van der Waals surface area contributed by atoms with Crippen LogP contribution < -0.4 is 10.2 Å². The average Bonchev–Trinajstić information content (AvgIpc) is 3.42. The predicted octanol–water partition coefficient (Wildman–Crippen LogP) is 3.95. The van der Waals surface area contributed by atoms with Crippen LogP contribution in [0.1, 0.15) is 31.9 Å². The highest BCUT2D eigenvalue weighted by molar-refractivity contribution is 7.97. The first-order chi connectivity index (χ1) is 15.0. The van der Waals surface area contributed by atoms with Gasteiger partial charge in [0.2, 0.25) is 5.95 Å². The Morgan fingerprint density at radius 1 is 1.32 bits per heavy atom. The zero-order valence-electron chi connectivity index (χ0n) is 17.5. The topological polar surface area (TPSA) is 93.2 Å². The molecule has 2 aliphatic rings. The lowest BCUT2D eigenvalue weighted by Crippen LogP contribution is -2.49. The minimum absolute atomic E-state index is 0.0981. The Bertz CT molecular complexity index is 1090. The second-order valence-electron chi connectivity index (χ2n) is 8.32. The van der Waals surface area contributed by atoms with Crippen molar-refractivity contribution in [3.8, 4) is 0 Å². The third-order valence-corrected chi connectivity index (χ3v) is 7.81. The van der Waals surface area contributed by atoms with Crippen molar-refractivity contribution in [1.29, 1.82) is 0 Å². The van der Waals surface area contributed by atoms with E-state index in [-0.39, 0.29) is 6.61 Å². The first kappa shape index (κ1) is 20.8. The highest BCUT2D eigenvalue weighted by Gasteiger charge is 2.39. The van der Waals surface area contributed by atoms with Crippen molar-refractivity contribution in [1.82, 2.24) is 24.5 Å². The van der Waals surface area contributed by atoms with E-state index in [1.54, 1.807) is 6.07 Å². The summed E-state index contributed by atoms with van der Waals surface area (Å²) in [5.74, 6) is 3.15. The summed E-state index contributed by atoms with van der Waals surface area (Å²) in [6, 6.07) is 8.92. The van der Waals surface area contributed by atoms with E-state index in [1.807, 2.05) is 30.1 Å². The number of aromatic amines is 1. The Balaban J connectivity index is 1.49. The van der Waals surface area contributed by atoms with Crippen LogP contribution in [0.2, 0.25) is 5.02 Å². The van der Waals surface area contributed by atoms with Crippen LogP contribution >= 0.6 is 23.5 Å². The Labute approximate surface area is 190 Å². The highest BCUT2D eigenvalue weighted by Crippen LogP contribution is 2.39. The molecule has 0 unspecified atom stereocenters. The Hall–Kier alpha value is -2.07. The van der Waals surface area contributed by atoms with Gasteiger partial charge in [0.1, 0.15) is 5.82 Å². The molecule has 2 saturated heterocycles. The van der Waals surface area contributed by atoms with Gasteiger partial charge >= 0.3 is 0 Å². The third kappa shape index (κ3) is 4.07. The van der Waals surface area contributed by atoms with Crippen LogP contribution in [0.4, 0.5) is 17.6 Å². The molecule has 2 fully saturated rings. The average molecular weight is 460 g/mol. The van der Waals surface area contributed by atoms with E-state index >= 15 is 0 Å². The number of hydrogen-bond donors (Lipinski definition) is 3. The molecule has 2 aliphatic heterocycles. The number of nitrogens with zero attached hydrogens (tertiary/aromatic N) is 5. The summed E-state index contributed by atoms with van der Waals surface area (Å²) in [7, 11) is 2.09. The maximum Gasteiger partial charge on any atom is 0.227 e. The van der Waals surface area contributed by atoms with Crippen molar-refractivity contribution in [3.63, 3.8) is 0 Å². The van der Waals surface area contributed by atoms with Crippen molar-refractivity contribution in [2.24, 2.45) is 0 Å². The van der Waals surface area contributed by atoms with Crippen LogP contribution in [-0.2, 0) is 6.61 Å². The molecule has 5 rings (SSSR count). The van der Waals surface area contributed by atoms with Gasteiger partial charge in [0, 0.05) is 47.4 Å². The van der Waals surface area contributed by atoms with Gasteiger partial charge in [0.05, 0.1) is 17.8 Å².